The minimum absolute atomic E-state index is 0.524. The fourth-order valence-corrected chi connectivity index (χ4v) is 2.06. The number of aryl methyl sites for hydroxylation is 1. The van der Waals surface area contributed by atoms with Crippen LogP contribution in [0.25, 0.3) is 0 Å². The van der Waals surface area contributed by atoms with Gasteiger partial charge in [0.15, 0.2) is 0 Å². The molecule has 2 aromatic rings. The Morgan fingerprint density at radius 2 is 2.06 bits per heavy atom. The van der Waals surface area contributed by atoms with Gasteiger partial charge in [0.1, 0.15) is 5.82 Å². The normalized spacial score (nSPS) is 10.4. The molecule has 0 spiro atoms. The van der Waals surface area contributed by atoms with Crippen LogP contribution in [0.4, 0.5) is 11.5 Å². The molecule has 18 heavy (non-hydrogen) atoms. The first kappa shape index (κ1) is 13.1. The van der Waals surface area contributed by atoms with E-state index in [1.807, 2.05) is 31.4 Å². The maximum absolute atomic E-state index is 5.77. The summed E-state index contributed by atoms with van der Waals surface area (Å²) in [5.74, 6) is 0.914. The van der Waals surface area contributed by atoms with Crippen LogP contribution >= 0.6 is 15.9 Å². The minimum Gasteiger partial charge on any atom is -0.329 e. The van der Waals surface area contributed by atoms with Gasteiger partial charge in [-0.15, -0.1) is 0 Å². The van der Waals surface area contributed by atoms with Gasteiger partial charge in [-0.25, -0.2) is 4.98 Å². The Kier molecular flexibility index (Phi) is 3.99. The van der Waals surface area contributed by atoms with Crippen LogP contribution in [0.1, 0.15) is 11.1 Å². The number of halogens is 1. The molecule has 1 heterocycles. The summed E-state index contributed by atoms with van der Waals surface area (Å²) in [6, 6.07) is 10.2. The van der Waals surface area contributed by atoms with E-state index >= 15 is 0 Å². The van der Waals surface area contributed by atoms with Crippen LogP contribution in [-0.2, 0) is 6.54 Å². The van der Waals surface area contributed by atoms with E-state index in [1.165, 1.54) is 0 Å². The number of anilines is 2. The molecule has 2 rings (SSSR count). The van der Waals surface area contributed by atoms with Crippen LogP contribution in [0.2, 0.25) is 0 Å². The van der Waals surface area contributed by atoms with Gasteiger partial charge in [0, 0.05) is 29.9 Å². The second-order valence-corrected chi connectivity index (χ2v) is 5.04. The van der Waals surface area contributed by atoms with Crippen molar-refractivity contribution in [2.75, 3.05) is 11.9 Å². The summed E-state index contributed by atoms with van der Waals surface area (Å²) in [5.41, 5.74) is 9.14. The van der Waals surface area contributed by atoms with Gasteiger partial charge in [-0.2, -0.15) is 0 Å². The van der Waals surface area contributed by atoms with Crippen LogP contribution in [0.3, 0.4) is 0 Å². The smallest absolute Gasteiger partial charge is 0.132 e. The van der Waals surface area contributed by atoms with Crippen molar-refractivity contribution < 1.29 is 0 Å². The molecule has 0 bridgehead atoms. The third-order valence-corrected chi connectivity index (χ3v) is 3.78. The average molecular weight is 306 g/mol. The van der Waals surface area contributed by atoms with E-state index in [1.54, 1.807) is 0 Å². The Balaban J connectivity index is 2.41. The van der Waals surface area contributed by atoms with E-state index in [0.29, 0.717) is 6.54 Å². The van der Waals surface area contributed by atoms with E-state index in [2.05, 4.69) is 44.9 Å². The largest absolute Gasteiger partial charge is 0.329 e. The predicted molar refractivity (Wildman–Crippen MR) is 79.1 cm³/mol. The number of benzene rings is 1. The van der Waals surface area contributed by atoms with Gasteiger partial charge in [0.05, 0.1) is 0 Å². The number of aromatic nitrogens is 1. The molecule has 0 aliphatic heterocycles. The number of hydrogen-bond acceptors (Lipinski definition) is 3. The zero-order chi connectivity index (χ0) is 13.1. The van der Waals surface area contributed by atoms with Gasteiger partial charge in [-0.05, 0) is 46.1 Å². The number of nitrogens with zero attached hydrogens (tertiary/aromatic N) is 2. The number of pyridine rings is 1. The molecule has 3 nitrogen and oxygen atoms in total. The number of nitrogens with two attached hydrogens (primary N) is 1. The van der Waals surface area contributed by atoms with Crippen molar-refractivity contribution in [3.05, 3.63) is 52.1 Å². The van der Waals surface area contributed by atoms with Gasteiger partial charge in [-0.1, -0.05) is 18.2 Å². The fraction of sp³-hybridized carbons (Fsp3) is 0.214. The molecule has 0 aliphatic carbocycles. The zero-order valence-electron chi connectivity index (χ0n) is 10.5. The Morgan fingerprint density at radius 3 is 2.72 bits per heavy atom. The molecule has 4 heteroatoms. The van der Waals surface area contributed by atoms with E-state index in [9.17, 15) is 0 Å². The Morgan fingerprint density at radius 1 is 1.33 bits per heavy atom. The molecule has 0 atom stereocenters. The van der Waals surface area contributed by atoms with Gasteiger partial charge in [0.2, 0.25) is 0 Å². The molecule has 0 aliphatic rings. The molecule has 0 saturated heterocycles. The highest BCUT2D eigenvalue weighted by Crippen LogP contribution is 2.27. The van der Waals surface area contributed by atoms with Crippen LogP contribution in [0.5, 0.6) is 0 Å². The molecule has 0 fully saturated rings. The van der Waals surface area contributed by atoms with E-state index in [4.69, 9.17) is 5.73 Å². The second-order valence-electron chi connectivity index (χ2n) is 4.18. The molecule has 94 valence electrons. The average Bonchev–Trinajstić information content (AvgIpc) is 2.41. The third-order valence-electron chi connectivity index (χ3n) is 2.95. The van der Waals surface area contributed by atoms with Gasteiger partial charge < -0.3 is 10.6 Å². The van der Waals surface area contributed by atoms with E-state index in [0.717, 1.165) is 27.1 Å². The number of rotatable bonds is 3. The van der Waals surface area contributed by atoms with E-state index < -0.39 is 0 Å². The molecule has 0 saturated carbocycles. The van der Waals surface area contributed by atoms with Crippen LogP contribution < -0.4 is 10.6 Å². The van der Waals surface area contributed by atoms with Crippen molar-refractivity contribution in [1.82, 2.24) is 4.98 Å². The molecule has 0 radical (unpaired) electrons. The van der Waals surface area contributed by atoms with Crippen molar-refractivity contribution >= 4 is 27.4 Å². The lowest BCUT2D eigenvalue weighted by molar-refractivity contribution is 1.03. The van der Waals surface area contributed by atoms with Crippen LogP contribution in [0.15, 0.2) is 41.0 Å². The van der Waals surface area contributed by atoms with Gasteiger partial charge in [0.25, 0.3) is 0 Å². The highest BCUT2D eigenvalue weighted by atomic mass is 79.9. The summed E-state index contributed by atoms with van der Waals surface area (Å²) in [4.78, 5) is 6.49. The minimum atomic E-state index is 0.524. The molecular formula is C14H16BrN3. The topological polar surface area (TPSA) is 42.1 Å². The van der Waals surface area contributed by atoms with Crippen molar-refractivity contribution in [3.63, 3.8) is 0 Å². The van der Waals surface area contributed by atoms with Crippen molar-refractivity contribution in [2.24, 2.45) is 5.73 Å². The molecular weight excluding hydrogens is 290 g/mol. The molecule has 0 unspecified atom stereocenters. The summed E-state index contributed by atoms with van der Waals surface area (Å²) >= 11 is 3.46. The summed E-state index contributed by atoms with van der Waals surface area (Å²) < 4.78 is 1.02. The number of para-hydroxylation sites is 1. The summed E-state index contributed by atoms with van der Waals surface area (Å²) in [6.45, 7) is 2.58. The monoisotopic (exact) mass is 305 g/mol. The standard InChI is InChI=1S/C14H16BrN3/c1-10-7-14(17-9-12(10)15)18(2)13-6-4-3-5-11(13)8-16/h3-7,9H,8,16H2,1-2H3. The van der Waals surface area contributed by atoms with Crippen LogP contribution in [0, 0.1) is 6.92 Å². The second kappa shape index (κ2) is 5.50. The predicted octanol–water partition coefficient (Wildman–Crippen LogP) is 3.38. The molecule has 2 N–H and O–H groups in total. The maximum Gasteiger partial charge on any atom is 0.132 e. The van der Waals surface area contributed by atoms with Crippen molar-refractivity contribution in [3.8, 4) is 0 Å². The van der Waals surface area contributed by atoms with Gasteiger partial charge >= 0.3 is 0 Å². The lowest BCUT2D eigenvalue weighted by Crippen LogP contribution is -2.14. The van der Waals surface area contributed by atoms with Crippen molar-refractivity contribution in [2.45, 2.75) is 13.5 Å². The summed E-state index contributed by atoms with van der Waals surface area (Å²) in [7, 11) is 2.00. The fourth-order valence-electron chi connectivity index (χ4n) is 1.84. The first-order chi connectivity index (χ1) is 8.63. The molecule has 0 amide bonds. The first-order valence-corrected chi connectivity index (χ1v) is 6.56. The summed E-state index contributed by atoms with van der Waals surface area (Å²) in [6.07, 6.45) is 1.83. The lowest BCUT2D eigenvalue weighted by atomic mass is 10.1. The van der Waals surface area contributed by atoms with Crippen LogP contribution in [-0.4, -0.2) is 12.0 Å². The van der Waals surface area contributed by atoms with Gasteiger partial charge in [-0.3, -0.25) is 0 Å². The highest BCUT2D eigenvalue weighted by Gasteiger charge is 2.09. The lowest BCUT2D eigenvalue weighted by Gasteiger charge is -2.21. The number of hydrogen-bond donors (Lipinski definition) is 1. The summed E-state index contributed by atoms with van der Waals surface area (Å²) in [5, 5.41) is 0. The van der Waals surface area contributed by atoms with Crippen molar-refractivity contribution in [1.29, 1.82) is 0 Å². The molecule has 1 aromatic heterocycles. The molecule has 1 aromatic carbocycles. The maximum atomic E-state index is 5.77. The quantitative estimate of drug-likeness (QED) is 0.945. The first-order valence-electron chi connectivity index (χ1n) is 5.77. The zero-order valence-corrected chi connectivity index (χ0v) is 12.1. The SMILES string of the molecule is Cc1cc(N(C)c2ccccc2CN)ncc1Br. The Bertz CT molecular complexity index is 554. The van der Waals surface area contributed by atoms with E-state index in [-0.39, 0.29) is 0 Å². The Labute approximate surface area is 116 Å². The Hall–Kier alpha value is -1.39. The third kappa shape index (κ3) is 2.54. The highest BCUT2D eigenvalue weighted by molar-refractivity contribution is 9.10.